The lowest BCUT2D eigenvalue weighted by Crippen LogP contribution is -2.33. The molecule has 0 radical (unpaired) electrons. The van der Waals surface area contributed by atoms with E-state index in [1.54, 1.807) is 16.4 Å². The van der Waals surface area contributed by atoms with Crippen molar-refractivity contribution in [3.63, 3.8) is 0 Å². The molecule has 21 heavy (non-hydrogen) atoms. The number of fused-ring (bicyclic) bond motifs is 1. The van der Waals surface area contributed by atoms with Gasteiger partial charge in [0.15, 0.2) is 0 Å². The molecule has 0 amide bonds. The van der Waals surface area contributed by atoms with Crippen LogP contribution in [0.2, 0.25) is 0 Å². The predicted octanol–water partition coefficient (Wildman–Crippen LogP) is 2.24. The van der Waals surface area contributed by atoms with Crippen molar-refractivity contribution in [3.05, 3.63) is 42.5 Å². The number of benzene rings is 2. The first-order valence-corrected chi connectivity index (χ1v) is 8.21. The molecular weight excluding hydrogens is 308 g/mol. The Hall–Kier alpha value is -1.14. The van der Waals surface area contributed by atoms with Gasteiger partial charge in [0.1, 0.15) is 0 Å². The number of rotatable bonds is 3. The number of sulfonamides is 1. The van der Waals surface area contributed by atoms with Crippen molar-refractivity contribution in [1.29, 1.82) is 0 Å². The number of nitrogens with zero attached hydrogens (tertiary/aromatic N) is 1. The van der Waals surface area contributed by atoms with E-state index in [4.69, 9.17) is 0 Å². The van der Waals surface area contributed by atoms with E-state index >= 15 is 0 Å². The Kier molecular flexibility index (Phi) is 4.88. The minimum atomic E-state index is -3.38. The zero-order valence-corrected chi connectivity index (χ0v) is 13.5. The van der Waals surface area contributed by atoms with Gasteiger partial charge in [0, 0.05) is 19.1 Å². The zero-order valence-electron chi connectivity index (χ0n) is 11.8. The number of halogens is 1. The maximum atomic E-state index is 12.6. The highest BCUT2D eigenvalue weighted by Crippen LogP contribution is 2.24. The molecule has 2 aromatic carbocycles. The molecule has 0 aliphatic carbocycles. The highest BCUT2D eigenvalue weighted by Gasteiger charge is 2.31. The topological polar surface area (TPSA) is 49.4 Å². The molecule has 0 aromatic heterocycles. The molecular formula is C15H19ClN2O2S. The predicted molar refractivity (Wildman–Crippen MR) is 87.4 cm³/mol. The zero-order chi connectivity index (χ0) is 14.2. The summed E-state index contributed by atoms with van der Waals surface area (Å²) in [6, 6.07) is 13.4. The first kappa shape index (κ1) is 16.2. The monoisotopic (exact) mass is 326 g/mol. The summed E-state index contributed by atoms with van der Waals surface area (Å²) in [4.78, 5) is 0.382. The van der Waals surface area contributed by atoms with Gasteiger partial charge in [-0.2, -0.15) is 4.31 Å². The molecule has 0 saturated carbocycles. The summed E-state index contributed by atoms with van der Waals surface area (Å²) in [5, 5.41) is 5.15. The average molecular weight is 327 g/mol. The van der Waals surface area contributed by atoms with Crippen LogP contribution in [-0.4, -0.2) is 38.9 Å². The van der Waals surface area contributed by atoms with Gasteiger partial charge in [-0.05, 0) is 36.4 Å². The van der Waals surface area contributed by atoms with Crippen LogP contribution < -0.4 is 5.32 Å². The van der Waals surface area contributed by atoms with E-state index in [0.717, 1.165) is 17.2 Å². The summed E-state index contributed by atoms with van der Waals surface area (Å²) in [6.07, 6.45) is 0.864. The van der Waals surface area contributed by atoms with Gasteiger partial charge in [-0.25, -0.2) is 8.42 Å². The lowest BCUT2D eigenvalue weighted by molar-refractivity contribution is 0.464. The second kappa shape index (κ2) is 6.32. The Morgan fingerprint density at radius 2 is 1.86 bits per heavy atom. The maximum Gasteiger partial charge on any atom is 0.243 e. The lowest BCUT2D eigenvalue weighted by atomic mass is 10.1. The SMILES string of the molecule is CNC1CCN(S(=O)(=O)c2ccc3ccccc3c2)C1.Cl. The van der Waals surface area contributed by atoms with Gasteiger partial charge < -0.3 is 5.32 Å². The average Bonchev–Trinajstić information content (AvgIpc) is 2.96. The Morgan fingerprint density at radius 3 is 2.52 bits per heavy atom. The molecule has 0 bridgehead atoms. The van der Waals surface area contributed by atoms with Crippen molar-refractivity contribution >= 4 is 33.2 Å². The first-order valence-electron chi connectivity index (χ1n) is 6.77. The minimum Gasteiger partial charge on any atom is -0.316 e. The fraction of sp³-hybridized carbons (Fsp3) is 0.333. The van der Waals surface area contributed by atoms with Gasteiger partial charge in [0.25, 0.3) is 0 Å². The largest absolute Gasteiger partial charge is 0.316 e. The van der Waals surface area contributed by atoms with E-state index in [1.807, 2.05) is 37.4 Å². The van der Waals surface area contributed by atoms with Gasteiger partial charge >= 0.3 is 0 Å². The van der Waals surface area contributed by atoms with Crippen molar-refractivity contribution in [3.8, 4) is 0 Å². The van der Waals surface area contributed by atoms with Crippen LogP contribution in [0.5, 0.6) is 0 Å². The Bertz CT molecular complexity index is 733. The number of likely N-dealkylation sites (N-methyl/N-ethyl adjacent to an activating group) is 1. The summed E-state index contributed by atoms with van der Waals surface area (Å²) in [7, 11) is -1.51. The van der Waals surface area contributed by atoms with Crippen LogP contribution in [0.15, 0.2) is 47.4 Å². The first-order chi connectivity index (χ1) is 9.61. The normalized spacial score (nSPS) is 19.6. The summed E-state index contributed by atoms with van der Waals surface area (Å²) in [6.45, 7) is 1.13. The highest BCUT2D eigenvalue weighted by molar-refractivity contribution is 7.89. The molecule has 2 aromatic rings. The van der Waals surface area contributed by atoms with Crippen molar-refractivity contribution in [1.82, 2.24) is 9.62 Å². The lowest BCUT2D eigenvalue weighted by Gasteiger charge is -2.16. The molecule has 0 spiro atoms. The van der Waals surface area contributed by atoms with Gasteiger partial charge in [-0.3, -0.25) is 0 Å². The van der Waals surface area contributed by atoms with Crippen molar-refractivity contribution in [2.75, 3.05) is 20.1 Å². The van der Waals surface area contributed by atoms with Gasteiger partial charge in [-0.1, -0.05) is 30.3 Å². The molecule has 1 aliphatic heterocycles. The molecule has 1 fully saturated rings. The van der Waals surface area contributed by atoms with E-state index < -0.39 is 10.0 Å². The van der Waals surface area contributed by atoms with Crippen LogP contribution in [-0.2, 0) is 10.0 Å². The second-order valence-electron chi connectivity index (χ2n) is 5.15. The van der Waals surface area contributed by atoms with E-state index in [0.29, 0.717) is 18.0 Å². The van der Waals surface area contributed by atoms with Crippen LogP contribution in [0.3, 0.4) is 0 Å². The van der Waals surface area contributed by atoms with Crippen LogP contribution in [0, 0.1) is 0 Å². The molecule has 1 unspecified atom stereocenters. The van der Waals surface area contributed by atoms with Gasteiger partial charge in [-0.15, -0.1) is 12.4 Å². The van der Waals surface area contributed by atoms with Crippen molar-refractivity contribution in [2.45, 2.75) is 17.4 Å². The standard InChI is InChI=1S/C15H18N2O2S.ClH/c1-16-14-8-9-17(11-14)20(18,19)15-7-6-12-4-2-3-5-13(12)10-15;/h2-7,10,14,16H,8-9,11H2,1H3;1H. The van der Waals surface area contributed by atoms with Crippen LogP contribution >= 0.6 is 12.4 Å². The fourth-order valence-electron chi connectivity index (χ4n) is 2.66. The van der Waals surface area contributed by atoms with Crippen LogP contribution in [0.25, 0.3) is 10.8 Å². The molecule has 1 atom stereocenters. The molecule has 1 saturated heterocycles. The molecule has 1 aliphatic rings. The molecule has 3 rings (SSSR count). The molecule has 4 nitrogen and oxygen atoms in total. The van der Waals surface area contributed by atoms with Gasteiger partial charge in [0.05, 0.1) is 4.90 Å². The Balaban J connectivity index is 0.00000161. The fourth-order valence-corrected chi connectivity index (χ4v) is 4.20. The van der Waals surface area contributed by atoms with Gasteiger partial charge in [0.2, 0.25) is 10.0 Å². The van der Waals surface area contributed by atoms with E-state index in [-0.39, 0.29) is 18.4 Å². The summed E-state index contributed by atoms with van der Waals surface area (Å²) in [5.41, 5.74) is 0. The van der Waals surface area contributed by atoms with Crippen LogP contribution in [0.1, 0.15) is 6.42 Å². The Labute approximate surface area is 131 Å². The van der Waals surface area contributed by atoms with E-state index in [1.165, 1.54) is 0 Å². The third-order valence-electron chi connectivity index (χ3n) is 3.92. The highest BCUT2D eigenvalue weighted by atomic mass is 35.5. The quantitative estimate of drug-likeness (QED) is 0.941. The minimum absolute atomic E-state index is 0. The van der Waals surface area contributed by atoms with E-state index in [2.05, 4.69) is 5.32 Å². The molecule has 114 valence electrons. The molecule has 1 N–H and O–H groups in total. The number of hydrogen-bond acceptors (Lipinski definition) is 3. The van der Waals surface area contributed by atoms with Crippen LogP contribution in [0.4, 0.5) is 0 Å². The maximum absolute atomic E-state index is 12.6. The van der Waals surface area contributed by atoms with Crippen molar-refractivity contribution in [2.24, 2.45) is 0 Å². The summed E-state index contributed by atoms with van der Waals surface area (Å²) < 4.78 is 26.8. The smallest absolute Gasteiger partial charge is 0.243 e. The third kappa shape index (κ3) is 3.06. The molecule has 1 heterocycles. The van der Waals surface area contributed by atoms with E-state index in [9.17, 15) is 8.42 Å². The molecule has 6 heteroatoms. The van der Waals surface area contributed by atoms with Crippen molar-refractivity contribution < 1.29 is 8.42 Å². The summed E-state index contributed by atoms with van der Waals surface area (Å²) >= 11 is 0. The number of nitrogens with one attached hydrogen (secondary N) is 1. The summed E-state index contributed by atoms with van der Waals surface area (Å²) in [5.74, 6) is 0. The third-order valence-corrected chi connectivity index (χ3v) is 5.78. The second-order valence-corrected chi connectivity index (χ2v) is 7.08. The number of hydrogen-bond donors (Lipinski definition) is 1. The Morgan fingerprint density at radius 1 is 1.14 bits per heavy atom.